The van der Waals surface area contributed by atoms with Gasteiger partial charge in [0.25, 0.3) is 5.91 Å². The zero-order valence-corrected chi connectivity index (χ0v) is 16.7. The van der Waals surface area contributed by atoms with Crippen LogP contribution in [-0.2, 0) is 11.3 Å². The van der Waals surface area contributed by atoms with Gasteiger partial charge in [0, 0.05) is 18.8 Å². The molecule has 2 N–H and O–H groups in total. The third-order valence-corrected chi connectivity index (χ3v) is 5.31. The molecule has 0 saturated heterocycles. The SMILES string of the molecule is COC[C@H](C)NC(=O)c1sc2ncnc(NCc3cccc(C)n3)c2c1C. The fourth-order valence-electron chi connectivity index (χ4n) is 2.88. The highest BCUT2D eigenvalue weighted by Crippen LogP contribution is 2.33. The second kappa shape index (κ2) is 8.41. The van der Waals surface area contributed by atoms with Crippen molar-refractivity contribution in [3.05, 3.63) is 46.4 Å². The van der Waals surface area contributed by atoms with Crippen LogP contribution in [0.3, 0.4) is 0 Å². The number of carbonyl (C=O) groups excluding carboxylic acids is 1. The summed E-state index contributed by atoms with van der Waals surface area (Å²) < 4.78 is 5.08. The van der Waals surface area contributed by atoms with Gasteiger partial charge >= 0.3 is 0 Å². The first kappa shape index (κ1) is 19.2. The molecule has 0 fully saturated rings. The van der Waals surface area contributed by atoms with Crippen molar-refractivity contribution in [3.8, 4) is 0 Å². The van der Waals surface area contributed by atoms with Crippen LogP contribution in [0.25, 0.3) is 10.2 Å². The van der Waals surface area contributed by atoms with E-state index in [1.807, 2.05) is 39.0 Å². The molecule has 3 aromatic heterocycles. The van der Waals surface area contributed by atoms with Crippen molar-refractivity contribution in [1.29, 1.82) is 0 Å². The van der Waals surface area contributed by atoms with Crippen molar-refractivity contribution in [2.45, 2.75) is 33.4 Å². The van der Waals surface area contributed by atoms with Gasteiger partial charge in [-0.3, -0.25) is 9.78 Å². The highest BCUT2D eigenvalue weighted by atomic mass is 32.1. The van der Waals surface area contributed by atoms with Gasteiger partial charge in [0.15, 0.2) is 0 Å². The fourth-order valence-corrected chi connectivity index (χ4v) is 3.93. The number of methoxy groups -OCH3 is 1. The van der Waals surface area contributed by atoms with E-state index in [2.05, 4.69) is 25.6 Å². The summed E-state index contributed by atoms with van der Waals surface area (Å²) in [7, 11) is 1.62. The van der Waals surface area contributed by atoms with Crippen LogP contribution in [0.15, 0.2) is 24.5 Å². The lowest BCUT2D eigenvalue weighted by Crippen LogP contribution is -2.35. The summed E-state index contributed by atoms with van der Waals surface area (Å²) >= 11 is 1.37. The van der Waals surface area contributed by atoms with Gasteiger partial charge in [0.05, 0.1) is 29.1 Å². The summed E-state index contributed by atoms with van der Waals surface area (Å²) in [6, 6.07) is 5.84. The molecular weight excluding hydrogens is 362 g/mol. The lowest BCUT2D eigenvalue weighted by atomic mass is 10.2. The van der Waals surface area contributed by atoms with Gasteiger partial charge in [0.1, 0.15) is 17.0 Å². The van der Waals surface area contributed by atoms with Crippen LogP contribution in [0.4, 0.5) is 5.82 Å². The highest BCUT2D eigenvalue weighted by molar-refractivity contribution is 7.20. The van der Waals surface area contributed by atoms with E-state index in [1.54, 1.807) is 7.11 Å². The molecule has 7 nitrogen and oxygen atoms in total. The molecule has 0 aliphatic rings. The molecule has 3 rings (SSSR count). The zero-order valence-electron chi connectivity index (χ0n) is 15.9. The maximum absolute atomic E-state index is 12.6. The molecule has 3 aromatic rings. The van der Waals surface area contributed by atoms with Gasteiger partial charge in [-0.2, -0.15) is 0 Å². The molecule has 0 saturated carbocycles. The highest BCUT2D eigenvalue weighted by Gasteiger charge is 2.20. The van der Waals surface area contributed by atoms with Crippen LogP contribution in [-0.4, -0.2) is 40.6 Å². The topological polar surface area (TPSA) is 89.0 Å². The van der Waals surface area contributed by atoms with Gasteiger partial charge in [-0.15, -0.1) is 11.3 Å². The van der Waals surface area contributed by atoms with E-state index in [1.165, 1.54) is 17.7 Å². The Bertz CT molecular complexity index is 956. The molecule has 1 atom stereocenters. The number of fused-ring (bicyclic) bond motifs is 1. The number of amides is 1. The van der Waals surface area contributed by atoms with Gasteiger partial charge in [-0.25, -0.2) is 9.97 Å². The Labute approximate surface area is 162 Å². The van der Waals surface area contributed by atoms with Gasteiger partial charge < -0.3 is 15.4 Å². The van der Waals surface area contributed by atoms with E-state index in [9.17, 15) is 4.79 Å². The number of hydrogen-bond acceptors (Lipinski definition) is 7. The molecule has 0 radical (unpaired) electrons. The van der Waals surface area contributed by atoms with Crippen molar-refractivity contribution in [3.63, 3.8) is 0 Å². The Morgan fingerprint density at radius 3 is 2.85 bits per heavy atom. The van der Waals surface area contributed by atoms with Crippen molar-refractivity contribution >= 4 is 33.3 Å². The Morgan fingerprint density at radius 1 is 1.30 bits per heavy atom. The maximum atomic E-state index is 12.6. The molecule has 3 heterocycles. The van der Waals surface area contributed by atoms with E-state index in [4.69, 9.17) is 4.74 Å². The number of pyridine rings is 1. The number of nitrogens with zero attached hydrogens (tertiary/aromatic N) is 3. The minimum absolute atomic E-state index is 0.0665. The third kappa shape index (κ3) is 4.40. The smallest absolute Gasteiger partial charge is 0.262 e. The Kier molecular flexibility index (Phi) is 5.98. The summed E-state index contributed by atoms with van der Waals surface area (Å²) in [6.45, 7) is 6.81. The van der Waals surface area contributed by atoms with Crippen molar-refractivity contribution in [2.24, 2.45) is 0 Å². The monoisotopic (exact) mass is 385 g/mol. The molecule has 0 aromatic carbocycles. The number of aromatic nitrogens is 3. The number of nitrogens with one attached hydrogen (secondary N) is 2. The normalized spacial score (nSPS) is 12.1. The Morgan fingerprint density at radius 2 is 2.11 bits per heavy atom. The number of rotatable bonds is 7. The van der Waals surface area contributed by atoms with Gasteiger partial charge in [-0.1, -0.05) is 6.07 Å². The van der Waals surface area contributed by atoms with Crippen LogP contribution in [0.5, 0.6) is 0 Å². The van der Waals surface area contributed by atoms with E-state index >= 15 is 0 Å². The lowest BCUT2D eigenvalue weighted by Gasteiger charge is -2.12. The van der Waals surface area contributed by atoms with Crippen molar-refractivity contribution in [2.75, 3.05) is 19.0 Å². The average Bonchev–Trinajstić information content (AvgIpc) is 2.98. The number of aryl methyl sites for hydroxylation is 2. The molecule has 27 heavy (non-hydrogen) atoms. The second-order valence-corrected chi connectivity index (χ2v) is 7.41. The minimum atomic E-state index is -0.119. The molecule has 0 aliphatic heterocycles. The molecular formula is C19H23N5O2S. The third-order valence-electron chi connectivity index (χ3n) is 4.11. The maximum Gasteiger partial charge on any atom is 0.262 e. The largest absolute Gasteiger partial charge is 0.383 e. The second-order valence-electron chi connectivity index (χ2n) is 6.41. The quantitative estimate of drug-likeness (QED) is 0.650. The Hall–Kier alpha value is -2.58. The van der Waals surface area contributed by atoms with E-state index in [-0.39, 0.29) is 11.9 Å². The molecule has 1 amide bonds. The number of ether oxygens (including phenoxy) is 1. The fraction of sp³-hybridized carbons (Fsp3) is 0.368. The van der Waals surface area contributed by atoms with E-state index < -0.39 is 0 Å². The zero-order chi connectivity index (χ0) is 19.4. The van der Waals surface area contributed by atoms with E-state index in [0.717, 1.165) is 27.2 Å². The lowest BCUT2D eigenvalue weighted by molar-refractivity contribution is 0.0909. The van der Waals surface area contributed by atoms with Crippen LogP contribution < -0.4 is 10.6 Å². The number of thiophene rings is 1. The van der Waals surface area contributed by atoms with Crippen LogP contribution >= 0.6 is 11.3 Å². The molecule has 142 valence electrons. The van der Waals surface area contributed by atoms with Crippen LogP contribution in [0, 0.1) is 13.8 Å². The van der Waals surface area contributed by atoms with Gasteiger partial charge in [-0.05, 0) is 38.5 Å². The standard InChI is InChI=1S/C19H23N5O2S/c1-11-6-5-7-14(23-11)8-20-17-15-13(3)16(27-19(15)22-10-21-17)18(25)24-12(2)9-26-4/h5-7,10,12H,8-9H2,1-4H3,(H,24,25)(H,20,21,22)/t12-/m0/s1. The van der Waals surface area contributed by atoms with Crippen LogP contribution in [0.1, 0.15) is 33.5 Å². The predicted octanol–water partition coefficient (Wildman–Crippen LogP) is 3.08. The van der Waals surface area contributed by atoms with Crippen molar-refractivity contribution < 1.29 is 9.53 Å². The summed E-state index contributed by atoms with van der Waals surface area (Å²) in [6.07, 6.45) is 1.51. The average molecular weight is 385 g/mol. The molecule has 0 spiro atoms. The van der Waals surface area contributed by atoms with Crippen molar-refractivity contribution in [1.82, 2.24) is 20.3 Å². The summed E-state index contributed by atoms with van der Waals surface area (Å²) in [5.74, 6) is 0.590. The first-order valence-electron chi connectivity index (χ1n) is 8.70. The number of hydrogen-bond donors (Lipinski definition) is 2. The summed E-state index contributed by atoms with van der Waals surface area (Å²) in [5.41, 5.74) is 2.77. The summed E-state index contributed by atoms with van der Waals surface area (Å²) in [4.78, 5) is 27.2. The number of carbonyl (C=O) groups is 1. The number of anilines is 1. The van der Waals surface area contributed by atoms with Crippen LogP contribution in [0.2, 0.25) is 0 Å². The molecule has 8 heteroatoms. The first-order valence-corrected chi connectivity index (χ1v) is 9.51. The Balaban J connectivity index is 1.85. The molecule has 0 unspecified atom stereocenters. The molecule has 0 aliphatic carbocycles. The van der Waals surface area contributed by atoms with Gasteiger partial charge in [0.2, 0.25) is 0 Å². The van der Waals surface area contributed by atoms with E-state index in [0.29, 0.717) is 23.8 Å². The predicted molar refractivity (Wildman–Crippen MR) is 107 cm³/mol. The first-order chi connectivity index (χ1) is 13.0. The molecule has 0 bridgehead atoms. The summed E-state index contributed by atoms with van der Waals surface area (Å²) in [5, 5.41) is 7.15. The minimum Gasteiger partial charge on any atom is -0.383 e.